The molecule has 0 unspecified atom stereocenters. The summed E-state index contributed by atoms with van der Waals surface area (Å²) in [5.41, 5.74) is 0.696. The van der Waals surface area contributed by atoms with Gasteiger partial charge in [-0.2, -0.15) is 0 Å². The van der Waals surface area contributed by atoms with E-state index < -0.39 is 0 Å². The number of hydrogen-bond acceptors (Lipinski definition) is 3. The zero-order valence-corrected chi connectivity index (χ0v) is 12.0. The Bertz CT molecular complexity index is 619. The number of carbonyl (C=O) groups excluding carboxylic acids is 1. The van der Waals surface area contributed by atoms with Gasteiger partial charge in [-0.1, -0.05) is 11.6 Å². The Balaban J connectivity index is 2.77. The zero-order valence-electron chi connectivity index (χ0n) is 11.2. The average molecular weight is 282 g/mol. The van der Waals surface area contributed by atoms with Crippen molar-refractivity contribution in [1.29, 1.82) is 0 Å². The van der Waals surface area contributed by atoms with Crippen LogP contribution in [0, 0.1) is 0 Å². The van der Waals surface area contributed by atoms with Crippen molar-refractivity contribution in [2.45, 2.75) is 20.8 Å². The number of rotatable bonds is 4. The second-order valence-electron chi connectivity index (χ2n) is 4.02. The maximum atomic E-state index is 11.7. The van der Waals surface area contributed by atoms with Gasteiger partial charge in [0.15, 0.2) is 0 Å². The summed E-state index contributed by atoms with van der Waals surface area (Å²) in [5, 5.41) is 1.27. The van der Waals surface area contributed by atoms with Crippen LogP contribution in [0.3, 0.4) is 0 Å². The van der Waals surface area contributed by atoms with Crippen LogP contribution in [0.2, 0.25) is 5.02 Å². The monoisotopic (exact) mass is 281 g/mol. The molecule has 2 aromatic rings. The number of nitrogens with zero attached hydrogens (tertiary/aromatic N) is 1. The lowest BCUT2D eigenvalue weighted by Crippen LogP contribution is -2.05. The van der Waals surface area contributed by atoms with Gasteiger partial charge in [0.05, 0.1) is 18.2 Å². The second-order valence-corrected chi connectivity index (χ2v) is 4.43. The molecule has 0 N–H and O–H groups in total. The molecule has 0 atom stereocenters. The fourth-order valence-electron chi connectivity index (χ4n) is 2.06. The number of benzene rings is 1. The van der Waals surface area contributed by atoms with Gasteiger partial charge < -0.3 is 9.47 Å². The highest BCUT2D eigenvalue weighted by Gasteiger charge is 2.18. The standard InChI is InChI=1S/C14H16ClNO3/c1-4-18-12-8-11(15)14(19-5-2)10-6-7-16(9(3)17)13(10)12/h6-8H,4-5H2,1-3H3. The van der Waals surface area contributed by atoms with E-state index in [1.807, 2.05) is 19.9 Å². The van der Waals surface area contributed by atoms with Crippen LogP contribution in [-0.4, -0.2) is 23.7 Å². The van der Waals surface area contributed by atoms with E-state index in [4.69, 9.17) is 21.1 Å². The molecule has 2 rings (SSSR count). The van der Waals surface area contributed by atoms with Crippen molar-refractivity contribution in [3.8, 4) is 11.5 Å². The lowest BCUT2D eigenvalue weighted by Gasteiger charge is -2.13. The number of fused-ring (bicyclic) bond motifs is 1. The minimum absolute atomic E-state index is 0.0827. The Kier molecular flexibility index (Phi) is 4.00. The first kappa shape index (κ1) is 13.7. The molecule has 0 aliphatic heterocycles. The van der Waals surface area contributed by atoms with Gasteiger partial charge in [0, 0.05) is 24.6 Å². The van der Waals surface area contributed by atoms with Crippen molar-refractivity contribution in [1.82, 2.24) is 4.57 Å². The first-order valence-corrected chi connectivity index (χ1v) is 6.58. The van der Waals surface area contributed by atoms with Crippen molar-refractivity contribution in [2.24, 2.45) is 0 Å². The van der Waals surface area contributed by atoms with Crippen LogP contribution in [0.5, 0.6) is 11.5 Å². The molecule has 1 aromatic heterocycles. The molecular formula is C14H16ClNO3. The Morgan fingerprint density at radius 3 is 2.58 bits per heavy atom. The van der Waals surface area contributed by atoms with E-state index in [0.717, 1.165) is 5.39 Å². The Morgan fingerprint density at radius 1 is 1.32 bits per heavy atom. The van der Waals surface area contributed by atoms with Gasteiger partial charge in [0.25, 0.3) is 0 Å². The first-order valence-electron chi connectivity index (χ1n) is 6.20. The molecule has 0 saturated carbocycles. The Hall–Kier alpha value is -1.68. The third-order valence-corrected chi connectivity index (χ3v) is 3.05. The molecule has 0 fully saturated rings. The van der Waals surface area contributed by atoms with Gasteiger partial charge in [0.2, 0.25) is 5.91 Å². The number of hydrogen-bond donors (Lipinski definition) is 0. The summed E-state index contributed by atoms with van der Waals surface area (Å²) in [6.45, 7) is 6.29. The smallest absolute Gasteiger partial charge is 0.228 e. The molecule has 0 aliphatic rings. The molecule has 0 aliphatic carbocycles. The average Bonchev–Trinajstić information content (AvgIpc) is 2.79. The summed E-state index contributed by atoms with van der Waals surface area (Å²) in [5.74, 6) is 1.09. The van der Waals surface area contributed by atoms with Gasteiger partial charge in [-0.25, -0.2) is 0 Å². The van der Waals surface area contributed by atoms with Crippen molar-refractivity contribution >= 4 is 28.4 Å². The summed E-state index contributed by atoms with van der Waals surface area (Å²) in [4.78, 5) is 11.7. The minimum atomic E-state index is -0.0827. The molecule has 0 spiro atoms. The topological polar surface area (TPSA) is 40.5 Å². The van der Waals surface area contributed by atoms with E-state index in [2.05, 4.69) is 0 Å². The van der Waals surface area contributed by atoms with E-state index in [9.17, 15) is 4.79 Å². The van der Waals surface area contributed by atoms with Crippen LogP contribution < -0.4 is 9.47 Å². The third kappa shape index (κ3) is 2.40. The Labute approximate surface area is 116 Å². The molecule has 0 radical (unpaired) electrons. The highest BCUT2D eigenvalue weighted by atomic mass is 35.5. The van der Waals surface area contributed by atoms with E-state index >= 15 is 0 Å². The van der Waals surface area contributed by atoms with Crippen molar-refractivity contribution in [2.75, 3.05) is 13.2 Å². The lowest BCUT2D eigenvalue weighted by molar-refractivity contribution is 0.0941. The Morgan fingerprint density at radius 2 is 2.00 bits per heavy atom. The van der Waals surface area contributed by atoms with Crippen LogP contribution in [0.4, 0.5) is 0 Å². The van der Waals surface area contributed by atoms with Crippen molar-refractivity contribution in [3.05, 3.63) is 23.4 Å². The van der Waals surface area contributed by atoms with E-state index in [-0.39, 0.29) is 5.91 Å². The molecule has 4 nitrogen and oxygen atoms in total. The summed E-state index contributed by atoms with van der Waals surface area (Å²) in [6, 6.07) is 3.51. The fourth-order valence-corrected chi connectivity index (χ4v) is 2.32. The number of carbonyl (C=O) groups is 1. The summed E-state index contributed by atoms with van der Waals surface area (Å²) < 4.78 is 12.7. The van der Waals surface area contributed by atoms with Crippen LogP contribution in [0.1, 0.15) is 25.6 Å². The summed E-state index contributed by atoms with van der Waals surface area (Å²) >= 11 is 6.21. The van der Waals surface area contributed by atoms with Crippen molar-refractivity contribution < 1.29 is 14.3 Å². The minimum Gasteiger partial charge on any atom is -0.492 e. The maximum absolute atomic E-state index is 11.7. The van der Waals surface area contributed by atoms with Crippen LogP contribution >= 0.6 is 11.6 Å². The quantitative estimate of drug-likeness (QED) is 0.857. The highest BCUT2D eigenvalue weighted by molar-refractivity contribution is 6.33. The fraction of sp³-hybridized carbons (Fsp3) is 0.357. The predicted octanol–water partition coefficient (Wildman–Crippen LogP) is 3.75. The molecule has 1 aromatic carbocycles. The molecular weight excluding hydrogens is 266 g/mol. The molecule has 19 heavy (non-hydrogen) atoms. The lowest BCUT2D eigenvalue weighted by atomic mass is 10.2. The van der Waals surface area contributed by atoms with E-state index in [1.165, 1.54) is 6.92 Å². The highest BCUT2D eigenvalue weighted by Crippen LogP contribution is 2.40. The molecule has 5 heteroatoms. The number of halogens is 1. The zero-order chi connectivity index (χ0) is 14.0. The van der Waals surface area contributed by atoms with Crippen LogP contribution in [0.25, 0.3) is 10.9 Å². The maximum Gasteiger partial charge on any atom is 0.228 e. The molecule has 0 bridgehead atoms. The van der Waals surface area contributed by atoms with Crippen LogP contribution in [0.15, 0.2) is 18.3 Å². The van der Waals surface area contributed by atoms with Crippen molar-refractivity contribution in [3.63, 3.8) is 0 Å². The normalized spacial score (nSPS) is 10.7. The largest absolute Gasteiger partial charge is 0.492 e. The number of aromatic nitrogens is 1. The summed E-state index contributed by atoms with van der Waals surface area (Å²) in [7, 11) is 0. The van der Waals surface area contributed by atoms with Gasteiger partial charge >= 0.3 is 0 Å². The van der Waals surface area contributed by atoms with Gasteiger partial charge in [-0.15, -0.1) is 0 Å². The third-order valence-electron chi connectivity index (χ3n) is 2.77. The molecule has 102 valence electrons. The van der Waals surface area contributed by atoms with Gasteiger partial charge in [-0.3, -0.25) is 9.36 Å². The van der Waals surface area contributed by atoms with Crippen LogP contribution in [-0.2, 0) is 0 Å². The molecule has 0 amide bonds. The van der Waals surface area contributed by atoms with Gasteiger partial charge in [0.1, 0.15) is 17.0 Å². The second kappa shape index (κ2) is 5.53. The predicted molar refractivity (Wildman–Crippen MR) is 75.6 cm³/mol. The van der Waals surface area contributed by atoms with Gasteiger partial charge in [-0.05, 0) is 19.9 Å². The van der Waals surface area contributed by atoms with E-state index in [0.29, 0.717) is 35.3 Å². The first-order chi connectivity index (χ1) is 9.10. The molecule has 1 heterocycles. The SMILES string of the molecule is CCOc1c(Cl)cc(OCC)c2c1ccn2C(C)=O. The summed E-state index contributed by atoms with van der Waals surface area (Å²) in [6.07, 6.45) is 1.70. The molecule has 0 saturated heterocycles. The number of ether oxygens (including phenoxy) is 2. The van der Waals surface area contributed by atoms with E-state index in [1.54, 1.807) is 16.8 Å².